The number of anilines is 1. The smallest absolute Gasteiger partial charge is 0.226 e. The van der Waals surface area contributed by atoms with E-state index in [1.165, 1.54) is 0 Å². The van der Waals surface area contributed by atoms with E-state index in [2.05, 4.69) is 10.2 Å². The number of ether oxygens (including phenoxy) is 4. The Morgan fingerprint density at radius 2 is 1.82 bits per heavy atom. The number of hydrogen-bond donors (Lipinski definition) is 1. The lowest BCUT2D eigenvalue weighted by atomic mass is 9.94. The van der Waals surface area contributed by atoms with Gasteiger partial charge in [-0.05, 0) is 62.4 Å². The minimum atomic E-state index is 0.281. The number of aromatic nitrogens is 4. The molecule has 212 valence electrons. The van der Waals surface area contributed by atoms with Gasteiger partial charge in [0.1, 0.15) is 22.8 Å². The van der Waals surface area contributed by atoms with Crippen molar-refractivity contribution in [1.82, 2.24) is 24.5 Å². The second kappa shape index (κ2) is 11.9. The van der Waals surface area contributed by atoms with Crippen molar-refractivity contribution in [2.24, 2.45) is 5.92 Å². The monoisotopic (exact) mass is 546 g/mol. The molecule has 0 aliphatic carbocycles. The topological polar surface area (TPSA) is 95.3 Å². The molecule has 2 aromatic carbocycles. The number of rotatable bonds is 9. The second-order valence-electron chi connectivity index (χ2n) is 10.7. The molecule has 40 heavy (non-hydrogen) atoms. The summed E-state index contributed by atoms with van der Waals surface area (Å²) in [7, 11) is 4.98. The molecule has 4 aromatic rings. The fraction of sp³-hybridized carbons (Fsp3) is 0.500. The van der Waals surface area contributed by atoms with Crippen molar-refractivity contribution in [1.29, 1.82) is 0 Å². The summed E-state index contributed by atoms with van der Waals surface area (Å²) < 4.78 is 24.1. The maximum Gasteiger partial charge on any atom is 0.226 e. The molecule has 2 aliphatic rings. The van der Waals surface area contributed by atoms with E-state index in [1.54, 1.807) is 21.3 Å². The summed E-state index contributed by atoms with van der Waals surface area (Å²) in [5.41, 5.74) is 2.52. The molecule has 0 bridgehead atoms. The Kier molecular flexibility index (Phi) is 7.88. The van der Waals surface area contributed by atoms with Gasteiger partial charge in [0.15, 0.2) is 11.5 Å². The number of nitrogens with zero attached hydrogens (tertiary/aromatic N) is 5. The summed E-state index contributed by atoms with van der Waals surface area (Å²) in [6, 6.07) is 11.7. The fourth-order valence-electron chi connectivity index (χ4n) is 5.97. The molecule has 6 rings (SSSR count). The number of methoxy groups -OCH3 is 3. The Bertz CT molecular complexity index is 1470. The Labute approximate surface area is 234 Å². The summed E-state index contributed by atoms with van der Waals surface area (Å²) in [5.74, 6) is 4.67. The zero-order valence-corrected chi connectivity index (χ0v) is 23.6. The highest BCUT2D eigenvalue weighted by Gasteiger charge is 2.28. The van der Waals surface area contributed by atoms with E-state index in [0.717, 1.165) is 98.0 Å². The van der Waals surface area contributed by atoms with Crippen LogP contribution in [0.4, 0.5) is 5.95 Å². The van der Waals surface area contributed by atoms with Gasteiger partial charge in [0.2, 0.25) is 5.95 Å². The first-order valence-corrected chi connectivity index (χ1v) is 14.1. The highest BCUT2D eigenvalue weighted by atomic mass is 16.5. The average Bonchev–Trinajstić information content (AvgIpc) is 3.46. The van der Waals surface area contributed by atoms with E-state index >= 15 is 0 Å². The molecular formula is C30H38N6O4. The summed E-state index contributed by atoms with van der Waals surface area (Å²) in [5, 5.41) is 9.45. The maximum absolute atomic E-state index is 5.67. The molecule has 1 unspecified atom stereocenters. The maximum atomic E-state index is 5.67. The Morgan fingerprint density at radius 1 is 0.975 bits per heavy atom. The minimum absolute atomic E-state index is 0.281. The Morgan fingerprint density at radius 3 is 2.62 bits per heavy atom. The van der Waals surface area contributed by atoms with Crippen LogP contribution in [0.3, 0.4) is 0 Å². The molecule has 2 fully saturated rings. The average molecular weight is 547 g/mol. The molecule has 0 amide bonds. The summed E-state index contributed by atoms with van der Waals surface area (Å²) in [4.78, 5) is 12.7. The molecule has 0 saturated carbocycles. The number of piperidine rings is 1. The standard InChI is InChI=1S/C30H38N6O4/c1-37-23-10-9-21(26(16-23)39-3)17-31-30-32-27-24(7-4-8-25(27)38-2)29-33-28(34-36(29)30)22-6-5-13-35(19-22)18-20-11-14-40-15-12-20/h4,7-10,16,20,22H,5-6,11-15,17-19H2,1-3H3,(H,31,32). The Balaban J connectivity index is 1.32. The van der Waals surface area contributed by atoms with Crippen LogP contribution in [0.5, 0.6) is 17.2 Å². The zero-order chi connectivity index (χ0) is 27.5. The number of benzene rings is 2. The molecule has 2 aliphatic heterocycles. The van der Waals surface area contributed by atoms with Crippen molar-refractivity contribution < 1.29 is 18.9 Å². The number of para-hydroxylation sites is 1. The van der Waals surface area contributed by atoms with E-state index in [-0.39, 0.29) is 5.92 Å². The highest BCUT2D eigenvalue weighted by Crippen LogP contribution is 2.32. The van der Waals surface area contributed by atoms with Gasteiger partial charge in [-0.3, -0.25) is 0 Å². The quantitative estimate of drug-likeness (QED) is 0.325. The van der Waals surface area contributed by atoms with Crippen molar-refractivity contribution in [3.05, 3.63) is 47.8 Å². The van der Waals surface area contributed by atoms with Crippen LogP contribution in [0.1, 0.15) is 43.0 Å². The second-order valence-corrected chi connectivity index (χ2v) is 10.7. The third kappa shape index (κ3) is 5.38. The van der Waals surface area contributed by atoms with Crippen molar-refractivity contribution in [2.45, 2.75) is 38.1 Å². The highest BCUT2D eigenvalue weighted by molar-refractivity contribution is 5.96. The number of fused-ring (bicyclic) bond motifs is 3. The molecule has 0 spiro atoms. The molecule has 2 aromatic heterocycles. The molecule has 0 radical (unpaired) electrons. The van der Waals surface area contributed by atoms with E-state index in [1.807, 2.05) is 40.9 Å². The van der Waals surface area contributed by atoms with Gasteiger partial charge in [-0.25, -0.2) is 9.97 Å². The van der Waals surface area contributed by atoms with Gasteiger partial charge in [-0.1, -0.05) is 6.07 Å². The third-order valence-electron chi connectivity index (χ3n) is 8.16. The first kappa shape index (κ1) is 26.6. The van der Waals surface area contributed by atoms with Gasteiger partial charge in [0, 0.05) is 55.8 Å². The Hall–Kier alpha value is -3.63. The van der Waals surface area contributed by atoms with E-state index in [0.29, 0.717) is 24.2 Å². The normalized spacial score (nSPS) is 18.7. The van der Waals surface area contributed by atoms with Crippen LogP contribution in [-0.4, -0.2) is 78.7 Å². The van der Waals surface area contributed by atoms with Crippen molar-refractivity contribution in [3.63, 3.8) is 0 Å². The minimum Gasteiger partial charge on any atom is -0.497 e. The molecule has 10 nitrogen and oxygen atoms in total. The molecule has 4 heterocycles. The van der Waals surface area contributed by atoms with Crippen LogP contribution in [0.15, 0.2) is 36.4 Å². The summed E-state index contributed by atoms with van der Waals surface area (Å²) in [6.07, 6.45) is 4.54. The zero-order valence-electron chi connectivity index (χ0n) is 23.6. The molecule has 1 atom stereocenters. The van der Waals surface area contributed by atoms with Gasteiger partial charge in [-0.2, -0.15) is 4.52 Å². The van der Waals surface area contributed by atoms with Crippen LogP contribution in [0.2, 0.25) is 0 Å². The van der Waals surface area contributed by atoms with Crippen molar-refractivity contribution >= 4 is 22.5 Å². The van der Waals surface area contributed by atoms with Crippen LogP contribution in [0, 0.1) is 5.92 Å². The van der Waals surface area contributed by atoms with Crippen LogP contribution >= 0.6 is 0 Å². The van der Waals surface area contributed by atoms with Crippen molar-refractivity contribution in [3.8, 4) is 17.2 Å². The van der Waals surface area contributed by atoms with E-state index in [4.69, 9.17) is 34.0 Å². The van der Waals surface area contributed by atoms with E-state index < -0.39 is 0 Å². The predicted octanol–water partition coefficient (Wildman–Crippen LogP) is 4.52. The summed E-state index contributed by atoms with van der Waals surface area (Å²) in [6.45, 7) is 5.52. The lowest BCUT2D eigenvalue weighted by molar-refractivity contribution is 0.0480. The molecule has 2 saturated heterocycles. The third-order valence-corrected chi connectivity index (χ3v) is 8.16. The number of nitrogens with one attached hydrogen (secondary N) is 1. The largest absolute Gasteiger partial charge is 0.497 e. The van der Waals surface area contributed by atoms with Crippen LogP contribution < -0.4 is 19.5 Å². The van der Waals surface area contributed by atoms with Gasteiger partial charge < -0.3 is 29.2 Å². The SMILES string of the molecule is COc1ccc(CNc2nc3c(OC)cccc3c3nc(C4CCCN(CC5CCOCC5)C4)nn23)c(OC)c1. The van der Waals surface area contributed by atoms with E-state index in [9.17, 15) is 0 Å². The number of hydrogen-bond acceptors (Lipinski definition) is 9. The lowest BCUT2D eigenvalue weighted by Crippen LogP contribution is -2.39. The summed E-state index contributed by atoms with van der Waals surface area (Å²) >= 11 is 0. The molecule has 1 N–H and O–H groups in total. The van der Waals surface area contributed by atoms with Crippen LogP contribution in [0.25, 0.3) is 16.6 Å². The van der Waals surface area contributed by atoms with Gasteiger partial charge in [0.05, 0.1) is 21.3 Å². The predicted molar refractivity (Wildman–Crippen MR) is 154 cm³/mol. The lowest BCUT2D eigenvalue weighted by Gasteiger charge is -2.35. The fourth-order valence-corrected chi connectivity index (χ4v) is 5.97. The van der Waals surface area contributed by atoms with Crippen molar-refractivity contribution in [2.75, 3.05) is 59.5 Å². The van der Waals surface area contributed by atoms with Gasteiger partial charge in [0.25, 0.3) is 0 Å². The van der Waals surface area contributed by atoms with Gasteiger partial charge >= 0.3 is 0 Å². The molecular weight excluding hydrogens is 508 g/mol. The van der Waals surface area contributed by atoms with Crippen LogP contribution in [-0.2, 0) is 11.3 Å². The van der Waals surface area contributed by atoms with Gasteiger partial charge in [-0.15, -0.1) is 5.10 Å². The number of likely N-dealkylation sites (tertiary alicyclic amines) is 1. The first-order chi connectivity index (χ1) is 19.7. The molecule has 10 heteroatoms. The first-order valence-electron chi connectivity index (χ1n) is 14.1.